The number of hydrogen-bond acceptors (Lipinski definition) is 6. The van der Waals surface area contributed by atoms with Gasteiger partial charge in [-0.2, -0.15) is 4.31 Å². The van der Waals surface area contributed by atoms with E-state index in [1.165, 1.54) is 28.3 Å². The molecule has 1 N–H and O–H groups in total. The third-order valence-corrected chi connectivity index (χ3v) is 6.01. The number of nitrogens with one attached hydrogen (secondary N) is 1. The van der Waals surface area contributed by atoms with Crippen molar-refractivity contribution < 1.29 is 17.9 Å². The molecule has 0 atom stereocenters. The van der Waals surface area contributed by atoms with Gasteiger partial charge in [0.25, 0.3) is 0 Å². The van der Waals surface area contributed by atoms with Gasteiger partial charge in [0.05, 0.1) is 17.4 Å². The molecule has 1 rings (SSSR count). The van der Waals surface area contributed by atoms with Crippen LogP contribution in [-0.4, -0.2) is 62.7 Å². The number of hydrogen-bond donors (Lipinski definition) is 1. The lowest BCUT2D eigenvalue weighted by Gasteiger charge is -2.18. The van der Waals surface area contributed by atoms with Crippen LogP contribution in [0.5, 0.6) is 0 Å². The lowest BCUT2D eigenvalue weighted by molar-refractivity contribution is -0.118. The molecule has 1 heterocycles. The molecular weight excluding hydrogens is 338 g/mol. The zero-order chi connectivity index (χ0) is 17.3. The van der Waals surface area contributed by atoms with Crippen LogP contribution in [0.25, 0.3) is 0 Å². The Hall–Kier alpha value is -1.16. The Kier molecular flexibility index (Phi) is 8.53. The number of nitrogens with zero attached hydrogens (tertiary/aromatic N) is 2. The van der Waals surface area contributed by atoms with Gasteiger partial charge in [0, 0.05) is 32.9 Å². The Morgan fingerprint density at radius 3 is 2.57 bits per heavy atom. The summed E-state index contributed by atoms with van der Waals surface area (Å²) in [4.78, 5) is 15.8. The third-order valence-electron chi connectivity index (χ3n) is 3.03. The summed E-state index contributed by atoms with van der Waals surface area (Å²) >= 11 is 1.25. The highest BCUT2D eigenvalue weighted by Gasteiger charge is 2.21. The average Bonchev–Trinajstić information content (AvgIpc) is 2.54. The monoisotopic (exact) mass is 361 g/mol. The largest absolute Gasteiger partial charge is 0.383 e. The van der Waals surface area contributed by atoms with Crippen LogP contribution in [-0.2, 0) is 19.6 Å². The molecule has 0 saturated heterocycles. The first-order valence-electron chi connectivity index (χ1n) is 7.30. The Labute approximate surface area is 141 Å². The molecule has 1 aromatic rings. The molecule has 0 unspecified atom stereocenters. The highest BCUT2D eigenvalue weighted by molar-refractivity contribution is 7.99. The smallest absolute Gasteiger partial charge is 0.244 e. The van der Waals surface area contributed by atoms with Crippen LogP contribution >= 0.6 is 11.8 Å². The van der Waals surface area contributed by atoms with Crippen molar-refractivity contribution in [3.05, 3.63) is 18.3 Å². The zero-order valence-corrected chi connectivity index (χ0v) is 15.2. The summed E-state index contributed by atoms with van der Waals surface area (Å²) in [6, 6.07) is 3.13. The van der Waals surface area contributed by atoms with Crippen LogP contribution in [0.3, 0.4) is 0 Å². The number of methoxy groups -OCH3 is 1. The summed E-state index contributed by atoms with van der Waals surface area (Å²) in [6.45, 7) is 5.34. The second kappa shape index (κ2) is 9.86. The fraction of sp³-hybridized carbons (Fsp3) is 0.571. The van der Waals surface area contributed by atoms with Crippen LogP contribution in [0.4, 0.5) is 0 Å². The van der Waals surface area contributed by atoms with Crippen molar-refractivity contribution in [1.82, 2.24) is 14.6 Å². The molecule has 0 fully saturated rings. The summed E-state index contributed by atoms with van der Waals surface area (Å²) in [6.07, 6.45) is 1.33. The first kappa shape index (κ1) is 19.9. The van der Waals surface area contributed by atoms with Crippen molar-refractivity contribution in [2.75, 3.05) is 39.1 Å². The van der Waals surface area contributed by atoms with Crippen LogP contribution in [0.2, 0.25) is 0 Å². The zero-order valence-electron chi connectivity index (χ0n) is 13.6. The summed E-state index contributed by atoms with van der Waals surface area (Å²) in [5, 5.41) is 3.31. The lowest BCUT2D eigenvalue weighted by Crippen LogP contribution is -2.30. The molecule has 0 aromatic carbocycles. The van der Waals surface area contributed by atoms with Gasteiger partial charge in [0.1, 0.15) is 4.90 Å². The standard InChI is InChI=1S/C14H23N3O4S2/c1-4-17(5-2)23(19,20)12-6-7-14(16-10-12)22-11-13(18)15-8-9-21-3/h6-7,10H,4-5,8-9,11H2,1-3H3,(H,15,18). The van der Waals surface area contributed by atoms with Crippen molar-refractivity contribution in [1.29, 1.82) is 0 Å². The van der Waals surface area contributed by atoms with Crippen molar-refractivity contribution in [3.63, 3.8) is 0 Å². The highest BCUT2D eigenvalue weighted by Crippen LogP contribution is 2.19. The molecule has 1 amide bonds. The summed E-state index contributed by atoms with van der Waals surface area (Å²) in [5.74, 6) is 0.104. The number of sulfonamides is 1. The van der Waals surface area contributed by atoms with Crippen LogP contribution in [0.1, 0.15) is 13.8 Å². The van der Waals surface area contributed by atoms with E-state index >= 15 is 0 Å². The third kappa shape index (κ3) is 6.09. The molecular formula is C14H23N3O4S2. The van der Waals surface area contributed by atoms with E-state index < -0.39 is 10.0 Å². The van der Waals surface area contributed by atoms with Crippen molar-refractivity contribution in [2.45, 2.75) is 23.8 Å². The second-order valence-corrected chi connectivity index (χ2v) is 7.49. The molecule has 0 aliphatic heterocycles. The fourth-order valence-corrected chi connectivity index (χ4v) is 3.88. The molecule has 0 aliphatic rings. The van der Waals surface area contributed by atoms with Gasteiger partial charge >= 0.3 is 0 Å². The molecule has 9 heteroatoms. The van der Waals surface area contributed by atoms with Crippen molar-refractivity contribution >= 4 is 27.7 Å². The molecule has 0 radical (unpaired) electrons. The molecule has 23 heavy (non-hydrogen) atoms. The number of thioether (sulfide) groups is 1. The average molecular weight is 361 g/mol. The first-order chi connectivity index (χ1) is 11.0. The summed E-state index contributed by atoms with van der Waals surface area (Å²) in [5.41, 5.74) is 0. The Balaban J connectivity index is 2.62. The summed E-state index contributed by atoms with van der Waals surface area (Å²) in [7, 11) is -1.93. The number of amides is 1. The topological polar surface area (TPSA) is 88.6 Å². The molecule has 1 aromatic heterocycles. The van der Waals surface area contributed by atoms with E-state index in [9.17, 15) is 13.2 Å². The quantitative estimate of drug-likeness (QED) is 0.493. The van der Waals surface area contributed by atoms with E-state index in [0.29, 0.717) is 31.3 Å². The summed E-state index contributed by atoms with van der Waals surface area (Å²) < 4.78 is 30.9. The fourth-order valence-electron chi connectivity index (χ4n) is 1.80. The predicted octanol–water partition coefficient (Wildman–Crippen LogP) is 0.967. The molecule has 0 spiro atoms. The molecule has 0 saturated carbocycles. The van der Waals surface area contributed by atoms with Gasteiger partial charge in [0.15, 0.2) is 0 Å². The maximum absolute atomic E-state index is 12.3. The Morgan fingerprint density at radius 1 is 1.35 bits per heavy atom. The van der Waals surface area contributed by atoms with E-state index in [-0.39, 0.29) is 16.6 Å². The molecule has 7 nitrogen and oxygen atoms in total. The predicted molar refractivity (Wildman–Crippen MR) is 90.0 cm³/mol. The number of ether oxygens (including phenoxy) is 1. The van der Waals surface area contributed by atoms with Gasteiger partial charge in [-0.1, -0.05) is 25.6 Å². The van der Waals surface area contributed by atoms with Gasteiger partial charge in [0.2, 0.25) is 15.9 Å². The minimum absolute atomic E-state index is 0.117. The second-order valence-electron chi connectivity index (χ2n) is 4.55. The SMILES string of the molecule is CCN(CC)S(=O)(=O)c1ccc(SCC(=O)NCCOC)nc1. The number of aromatic nitrogens is 1. The lowest BCUT2D eigenvalue weighted by atomic mass is 10.5. The van der Waals surface area contributed by atoms with Crippen LogP contribution in [0, 0.1) is 0 Å². The van der Waals surface area contributed by atoms with Crippen molar-refractivity contribution in [3.8, 4) is 0 Å². The maximum Gasteiger partial charge on any atom is 0.244 e. The van der Waals surface area contributed by atoms with Gasteiger partial charge < -0.3 is 10.1 Å². The van der Waals surface area contributed by atoms with Gasteiger partial charge in [-0.05, 0) is 12.1 Å². The minimum Gasteiger partial charge on any atom is -0.383 e. The molecule has 0 bridgehead atoms. The number of carbonyl (C=O) groups excluding carboxylic acids is 1. The number of carbonyl (C=O) groups is 1. The molecule has 130 valence electrons. The van der Waals surface area contributed by atoms with E-state index in [0.717, 1.165) is 0 Å². The minimum atomic E-state index is -3.50. The van der Waals surface area contributed by atoms with Crippen LogP contribution < -0.4 is 5.32 Å². The number of pyridine rings is 1. The van der Waals surface area contributed by atoms with Gasteiger partial charge in [-0.3, -0.25) is 4.79 Å². The van der Waals surface area contributed by atoms with Crippen LogP contribution in [0.15, 0.2) is 28.3 Å². The Morgan fingerprint density at radius 2 is 2.04 bits per heavy atom. The Bertz CT molecular complexity index is 587. The first-order valence-corrected chi connectivity index (χ1v) is 9.72. The van der Waals surface area contributed by atoms with E-state index in [1.807, 2.05) is 0 Å². The molecule has 0 aliphatic carbocycles. The van der Waals surface area contributed by atoms with Crippen molar-refractivity contribution in [2.24, 2.45) is 0 Å². The van der Waals surface area contributed by atoms with E-state index in [1.54, 1.807) is 27.0 Å². The normalized spacial score (nSPS) is 11.7. The number of rotatable bonds is 10. The highest BCUT2D eigenvalue weighted by atomic mass is 32.2. The van der Waals surface area contributed by atoms with E-state index in [2.05, 4.69) is 10.3 Å². The van der Waals surface area contributed by atoms with Gasteiger partial charge in [-0.15, -0.1) is 0 Å². The van der Waals surface area contributed by atoms with Gasteiger partial charge in [-0.25, -0.2) is 13.4 Å². The van der Waals surface area contributed by atoms with E-state index in [4.69, 9.17) is 4.74 Å². The maximum atomic E-state index is 12.3.